The smallest absolute Gasteiger partial charge is 0.150 e. The highest BCUT2D eigenvalue weighted by atomic mass is 79.9. The minimum absolute atomic E-state index is 0.534. The van der Waals surface area contributed by atoms with Crippen molar-refractivity contribution in [3.05, 3.63) is 51.5 Å². The largest absolute Gasteiger partial charge is 0.491 e. The zero-order valence-electron chi connectivity index (χ0n) is 14.5. The Kier molecular flexibility index (Phi) is 7.75. The summed E-state index contributed by atoms with van der Waals surface area (Å²) in [5.74, 6) is 0.581. The molecule has 2 aromatic rings. The van der Waals surface area contributed by atoms with Crippen molar-refractivity contribution < 1.29 is 8.95 Å². The van der Waals surface area contributed by atoms with Gasteiger partial charge in [0.2, 0.25) is 0 Å². The minimum Gasteiger partial charge on any atom is -0.491 e. The highest BCUT2D eigenvalue weighted by molar-refractivity contribution is 9.10. The number of rotatable bonds is 8. The number of aryl methyl sites for hydroxylation is 1. The van der Waals surface area contributed by atoms with Crippen LogP contribution < -0.4 is 9.46 Å². The van der Waals surface area contributed by atoms with Gasteiger partial charge in [-0.25, -0.2) is 4.21 Å². The Morgan fingerprint density at radius 3 is 2.68 bits per heavy atom. The van der Waals surface area contributed by atoms with E-state index in [1.165, 1.54) is 0 Å². The van der Waals surface area contributed by atoms with E-state index in [1.54, 1.807) is 18.2 Å². The summed E-state index contributed by atoms with van der Waals surface area (Å²) in [7, 11) is 2.60. The molecule has 0 aliphatic heterocycles. The van der Waals surface area contributed by atoms with Gasteiger partial charge in [-0.1, -0.05) is 34.5 Å². The first-order valence-corrected chi connectivity index (χ1v) is 10.3. The van der Waals surface area contributed by atoms with Crippen molar-refractivity contribution in [3.8, 4) is 5.75 Å². The second-order valence-corrected chi connectivity index (χ2v) is 8.28. The first-order valence-electron chi connectivity index (χ1n) is 7.94. The van der Waals surface area contributed by atoms with Gasteiger partial charge in [0.1, 0.15) is 12.4 Å². The van der Waals surface area contributed by atoms with Crippen molar-refractivity contribution >= 4 is 44.2 Å². The number of likely N-dealkylation sites (N-methyl/N-ethyl adjacent to an activating group) is 1. The molecule has 0 spiro atoms. The summed E-state index contributed by atoms with van der Waals surface area (Å²) in [4.78, 5) is 2.81. The molecule has 2 rings (SSSR count). The van der Waals surface area contributed by atoms with E-state index in [-0.39, 0.29) is 0 Å². The lowest BCUT2D eigenvalue weighted by Gasteiger charge is -2.14. The van der Waals surface area contributed by atoms with E-state index >= 15 is 0 Å². The van der Waals surface area contributed by atoms with Crippen molar-refractivity contribution in [1.29, 1.82) is 0 Å². The number of hydrogen-bond acceptors (Lipinski definition) is 3. The van der Waals surface area contributed by atoms with E-state index in [2.05, 4.69) is 20.7 Å². The molecule has 25 heavy (non-hydrogen) atoms. The van der Waals surface area contributed by atoms with Gasteiger partial charge in [0, 0.05) is 17.1 Å². The number of ether oxygens (including phenoxy) is 1. The van der Waals surface area contributed by atoms with Crippen LogP contribution in [0.2, 0.25) is 5.02 Å². The molecular weight excluding hydrogens is 424 g/mol. The molecule has 4 nitrogen and oxygen atoms in total. The van der Waals surface area contributed by atoms with Crippen molar-refractivity contribution in [2.75, 3.05) is 32.0 Å². The van der Waals surface area contributed by atoms with Crippen LogP contribution in [0.4, 0.5) is 5.69 Å². The zero-order valence-corrected chi connectivity index (χ0v) is 17.7. The molecule has 0 bridgehead atoms. The van der Waals surface area contributed by atoms with Crippen LogP contribution in [0, 0.1) is 0 Å². The summed E-state index contributed by atoms with van der Waals surface area (Å²) < 4.78 is 22.4. The molecule has 0 amide bonds. The molecule has 2 aromatic carbocycles. The quantitative estimate of drug-likeness (QED) is 0.638. The summed E-state index contributed by atoms with van der Waals surface area (Å²) >= 11 is 9.63. The van der Waals surface area contributed by atoms with Crippen LogP contribution in [0.5, 0.6) is 5.75 Å². The van der Waals surface area contributed by atoms with Gasteiger partial charge in [0.25, 0.3) is 0 Å². The first-order chi connectivity index (χ1) is 11.9. The van der Waals surface area contributed by atoms with Gasteiger partial charge in [-0.15, -0.1) is 0 Å². The third kappa shape index (κ3) is 5.99. The highest BCUT2D eigenvalue weighted by Gasteiger charge is 2.11. The molecule has 1 N–H and O–H groups in total. The lowest BCUT2D eigenvalue weighted by molar-refractivity contribution is 0.261. The average Bonchev–Trinajstić information content (AvgIpc) is 2.57. The number of anilines is 1. The van der Waals surface area contributed by atoms with Crippen LogP contribution in [-0.4, -0.2) is 36.4 Å². The maximum Gasteiger partial charge on any atom is 0.150 e. The van der Waals surface area contributed by atoms with E-state index in [0.29, 0.717) is 23.1 Å². The van der Waals surface area contributed by atoms with Crippen molar-refractivity contribution in [2.24, 2.45) is 0 Å². The van der Waals surface area contributed by atoms with Crippen LogP contribution >= 0.6 is 27.5 Å². The first kappa shape index (κ1) is 20.2. The second-order valence-electron chi connectivity index (χ2n) is 5.77. The fourth-order valence-corrected chi connectivity index (χ4v) is 3.85. The molecule has 0 saturated heterocycles. The van der Waals surface area contributed by atoms with Crippen molar-refractivity contribution in [2.45, 2.75) is 18.2 Å². The third-order valence-corrected chi connectivity index (χ3v) is 5.57. The van der Waals surface area contributed by atoms with Gasteiger partial charge >= 0.3 is 0 Å². The number of halogens is 2. The third-order valence-electron chi connectivity index (χ3n) is 3.54. The normalized spacial score (nSPS) is 12.2. The summed E-state index contributed by atoms with van der Waals surface area (Å²) in [5.41, 5.74) is 1.74. The van der Waals surface area contributed by atoms with E-state index in [1.807, 2.05) is 44.1 Å². The Bertz CT molecular complexity index is 756. The Morgan fingerprint density at radius 2 is 2.00 bits per heavy atom. The fraction of sp³-hybridized carbons (Fsp3) is 0.333. The Balaban J connectivity index is 2.13. The minimum atomic E-state index is -1.36. The molecule has 0 aromatic heterocycles. The molecule has 1 atom stereocenters. The summed E-state index contributed by atoms with van der Waals surface area (Å²) in [6.45, 7) is 3.37. The van der Waals surface area contributed by atoms with Crippen molar-refractivity contribution in [3.63, 3.8) is 0 Å². The summed E-state index contributed by atoms with van der Waals surface area (Å²) in [6, 6.07) is 11.1. The van der Waals surface area contributed by atoms with E-state index in [0.717, 1.165) is 27.9 Å². The number of nitrogens with one attached hydrogen (secondary N) is 1. The van der Waals surface area contributed by atoms with Crippen molar-refractivity contribution in [1.82, 2.24) is 4.90 Å². The highest BCUT2D eigenvalue weighted by Crippen LogP contribution is 2.29. The Hall–Kier alpha value is -1.08. The van der Waals surface area contributed by atoms with E-state index in [9.17, 15) is 4.21 Å². The molecule has 0 saturated carbocycles. The van der Waals surface area contributed by atoms with Gasteiger partial charge < -0.3 is 14.4 Å². The molecule has 0 heterocycles. The molecule has 0 fully saturated rings. The number of benzene rings is 2. The topological polar surface area (TPSA) is 41.6 Å². The van der Waals surface area contributed by atoms with Gasteiger partial charge in [-0.3, -0.25) is 0 Å². The van der Waals surface area contributed by atoms with E-state index in [4.69, 9.17) is 16.3 Å². The van der Waals surface area contributed by atoms with Gasteiger partial charge in [0.15, 0.2) is 11.0 Å². The summed E-state index contributed by atoms with van der Waals surface area (Å²) in [6.07, 6.45) is 0.807. The molecule has 0 radical (unpaired) electrons. The average molecular weight is 446 g/mol. The maximum atomic E-state index is 12.7. The Morgan fingerprint density at radius 1 is 1.24 bits per heavy atom. The molecular formula is C18H22BrClN2O2S. The molecule has 0 aliphatic rings. The van der Waals surface area contributed by atoms with Crippen LogP contribution in [0.1, 0.15) is 12.5 Å². The predicted octanol–water partition coefficient (Wildman–Crippen LogP) is 4.74. The van der Waals surface area contributed by atoms with Gasteiger partial charge in [-0.05, 0) is 56.4 Å². The predicted molar refractivity (Wildman–Crippen MR) is 109 cm³/mol. The van der Waals surface area contributed by atoms with Gasteiger partial charge in [-0.2, -0.15) is 0 Å². The number of hydrogen-bond donors (Lipinski definition) is 1. The zero-order chi connectivity index (χ0) is 18.4. The second kappa shape index (κ2) is 9.57. The fourth-order valence-electron chi connectivity index (χ4n) is 2.18. The standard InChI is InChI=1S/C18H22BrClN2O2S/c1-4-13-11-14(19)5-8-18(13)25(23)21-15-6-7-16(20)17(12-15)24-10-9-22(2)3/h5-8,11-12,21H,4,9-10H2,1-3H3. The summed E-state index contributed by atoms with van der Waals surface area (Å²) in [5, 5.41) is 0.535. The van der Waals surface area contributed by atoms with E-state index < -0.39 is 11.0 Å². The lowest BCUT2D eigenvalue weighted by Crippen LogP contribution is -2.19. The lowest BCUT2D eigenvalue weighted by atomic mass is 10.2. The SMILES string of the molecule is CCc1cc(Br)ccc1S(=O)Nc1ccc(Cl)c(OCCN(C)C)c1. The molecule has 0 aliphatic carbocycles. The monoisotopic (exact) mass is 444 g/mol. The maximum absolute atomic E-state index is 12.7. The Labute approximate surface area is 165 Å². The molecule has 1 unspecified atom stereocenters. The molecule has 136 valence electrons. The molecule has 7 heteroatoms. The van der Waals surface area contributed by atoms with Crippen LogP contribution in [0.15, 0.2) is 45.8 Å². The van der Waals surface area contributed by atoms with Gasteiger partial charge in [0.05, 0.1) is 15.6 Å². The van der Waals surface area contributed by atoms with Crippen LogP contribution in [0.25, 0.3) is 0 Å². The number of nitrogens with zero attached hydrogens (tertiary/aromatic N) is 1. The van der Waals surface area contributed by atoms with Crippen LogP contribution in [-0.2, 0) is 17.4 Å². The van der Waals surface area contributed by atoms with Crippen LogP contribution in [0.3, 0.4) is 0 Å².